The lowest BCUT2D eigenvalue weighted by atomic mass is 10.1. The summed E-state index contributed by atoms with van der Waals surface area (Å²) >= 11 is 1.16. The summed E-state index contributed by atoms with van der Waals surface area (Å²) < 4.78 is 5.04. The molecule has 3 rings (SSSR count). The van der Waals surface area contributed by atoms with E-state index in [-0.39, 0.29) is 24.0 Å². The first kappa shape index (κ1) is 21.4. The molecule has 0 aliphatic carbocycles. The van der Waals surface area contributed by atoms with Crippen molar-refractivity contribution in [2.75, 3.05) is 12.4 Å². The number of hydrogen-bond acceptors (Lipinski definition) is 7. The number of carbonyl (C=O) groups is 2. The van der Waals surface area contributed by atoms with E-state index in [1.807, 2.05) is 32.0 Å². The summed E-state index contributed by atoms with van der Waals surface area (Å²) in [6, 6.07) is 10.4. The van der Waals surface area contributed by atoms with Crippen LogP contribution in [0.2, 0.25) is 0 Å². The molecule has 1 fully saturated rings. The lowest BCUT2D eigenvalue weighted by Crippen LogP contribution is -2.28. The number of aromatic hydroxyl groups is 1. The van der Waals surface area contributed by atoms with E-state index >= 15 is 0 Å². The number of carbonyl (C=O) groups excluding carboxylic acids is 2. The van der Waals surface area contributed by atoms with Gasteiger partial charge in [-0.05, 0) is 54.8 Å². The number of amidine groups is 1. The van der Waals surface area contributed by atoms with Gasteiger partial charge in [0.05, 0.1) is 13.3 Å². The van der Waals surface area contributed by atoms with Crippen molar-refractivity contribution in [1.29, 1.82) is 0 Å². The third-order valence-electron chi connectivity index (χ3n) is 4.59. The second kappa shape index (κ2) is 9.45. The largest absolute Gasteiger partial charge is 0.504 e. The average Bonchev–Trinajstić information content (AvgIpc) is 3.05. The zero-order chi connectivity index (χ0) is 21.7. The van der Waals surface area contributed by atoms with Crippen LogP contribution in [0.5, 0.6) is 11.5 Å². The van der Waals surface area contributed by atoms with Gasteiger partial charge in [0, 0.05) is 12.1 Å². The number of anilines is 1. The molecule has 2 amide bonds. The molecule has 1 atom stereocenters. The summed E-state index contributed by atoms with van der Waals surface area (Å²) in [6.45, 7) is 3.91. The fourth-order valence-corrected chi connectivity index (χ4v) is 3.69. The lowest BCUT2D eigenvalue weighted by Gasteiger charge is -2.11. The number of ether oxygens (including phenoxy) is 1. The summed E-state index contributed by atoms with van der Waals surface area (Å²) in [4.78, 5) is 24.5. The first-order chi connectivity index (χ1) is 14.4. The first-order valence-corrected chi connectivity index (χ1v) is 10.1. The van der Waals surface area contributed by atoms with Gasteiger partial charge in [0.1, 0.15) is 5.25 Å². The van der Waals surface area contributed by atoms with Crippen LogP contribution >= 0.6 is 11.8 Å². The number of aryl methyl sites for hydroxylation is 1. The van der Waals surface area contributed by atoms with Crippen molar-refractivity contribution in [3.63, 3.8) is 0 Å². The van der Waals surface area contributed by atoms with E-state index in [0.29, 0.717) is 16.5 Å². The topological polar surface area (TPSA) is 112 Å². The summed E-state index contributed by atoms with van der Waals surface area (Å²) in [6.07, 6.45) is 1.50. The van der Waals surface area contributed by atoms with E-state index in [2.05, 4.69) is 20.8 Å². The summed E-state index contributed by atoms with van der Waals surface area (Å²) in [5.41, 5.74) is 3.50. The van der Waals surface area contributed by atoms with Gasteiger partial charge < -0.3 is 20.5 Å². The SMILES string of the molecule is COc1cc(/C=N/N=C2\NC(=O)[C@@H](CC(=O)Nc3cccc(C)c3C)S2)ccc1O. The highest BCUT2D eigenvalue weighted by Gasteiger charge is 2.32. The van der Waals surface area contributed by atoms with Crippen LogP contribution in [0, 0.1) is 13.8 Å². The van der Waals surface area contributed by atoms with Crippen LogP contribution in [0.15, 0.2) is 46.6 Å². The Morgan fingerprint density at radius 1 is 1.33 bits per heavy atom. The minimum Gasteiger partial charge on any atom is -0.504 e. The Morgan fingerprint density at radius 3 is 2.90 bits per heavy atom. The predicted octanol–water partition coefficient (Wildman–Crippen LogP) is 2.97. The van der Waals surface area contributed by atoms with E-state index in [1.54, 1.807) is 12.1 Å². The average molecular weight is 426 g/mol. The van der Waals surface area contributed by atoms with Gasteiger partial charge in [0.15, 0.2) is 16.7 Å². The maximum Gasteiger partial charge on any atom is 0.240 e. The molecule has 30 heavy (non-hydrogen) atoms. The Balaban J connectivity index is 1.59. The zero-order valence-electron chi connectivity index (χ0n) is 16.8. The molecular weight excluding hydrogens is 404 g/mol. The second-order valence-electron chi connectivity index (χ2n) is 6.68. The zero-order valence-corrected chi connectivity index (χ0v) is 17.6. The first-order valence-electron chi connectivity index (χ1n) is 9.19. The molecule has 1 saturated heterocycles. The van der Waals surface area contributed by atoms with Gasteiger partial charge in [-0.3, -0.25) is 9.59 Å². The number of methoxy groups -OCH3 is 1. The predicted molar refractivity (Wildman–Crippen MR) is 118 cm³/mol. The Bertz CT molecular complexity index is 1040. The molecule has 3 N–H and O–H groups in total. The molecule has 0 unspecified atom stereocenters. The summed E-state index contributed by atoms with van der Waals surface area (Å²) in [5.74, 6) is -0.166. The van der Waals surface area contributed by atoms with Crippen molar-refractivity contribution in [3.8, 4) is 11.5 Å². The van der Waals surface area contributed by atoms with E-state index in [9.17, 15) is 14.7 Å². The fraction of sp³-hybridized carbons (Fsp3) is 0.238. The number of amides is 2. The number of nitrogens with zero attached hydrogens (tertiary/aromatic N) is 2. The quantitative estimate of drug-likeness (QED) is 0.486. The van der Waals surface area contributed by atoms with E-state index in [1.165, 1.54) is 19.4 Å². The maximum absolute atomic E-state index is 12.4. The molecule has 1 aliphatic heterocycles. The molecule has 156 valence electrons. The van der Waals surface area contributed by atoms with Crippen molar-refractivity contribution in [2.24, 2.45) is 10.2 Å². The summed E-state index contributed by atoms with van der Waals surface area (Å²) in [5, 5.41) is 22.8. The fourth-order valence-electron chi connectivity index (χ4n) is 2.77. The van der Waals surface area contributed by atoms with Crippen LogP contribution in [0.25, 0.3) is 0 Å². The van der Waals surface area contributed by atoms with E-state index in [0.717, 1.165) is 28.6 Å². The molecule has 1 aliphatic rings. The maximum atomic E-state index is 12.4. The van der Waals surface area contributed by atoms with Gasteiger partial charge in [0.25, 0.3) is 0 Å². The van der Waals surface area contributed by atoms with Crippen LogP contribution in [-0.4, -0.2) is 40.7 Å². The number of phenolic OH excluding ortho intramolecular Hbond substituents is 1. The molecule has 0 saturated carbocycles. The van der Waals surface area contributed by atoms with Crippen molar-refractivity contribution >= 4 is 40.6 Å². The van der Waals surface area contributed by atoms with Crippen molar-refractivity contribution in [2.45, 2.75) is 25.5 Å². The number of phenols is 1. The molecule has 2 aromatic rings. The van der Waals surface area contributed by atoms with Gasteiger partial charge in [-0.15, -0.1) is 5.10 Å². The van der Waals surface area contributed by atoms with Crippen molar-refractivity contribution in [3.05, 3.63) is 53.1 Å². The number of benzene rings is 2. The number of thioether (sulfide) groups is 1. The van der Waals surface area contributed by atoms with Crippen LogP contribution in [0.1, 0.15) is 23.1 Å². The number of hydrogen-bond donors (Lipinski definition) is 3. The molecule has 0 radical (unpaired) electrons. The Labute approximate surface area is 178 Å². The van der Waals surface area contributed by atoms with Crippen LogP contribution in [0.4, 0.5) is 5.69 Å². The van der Waals surface area contributed by atoms with Crippen molar-refractivity contribution < 1.29 is 19.4 Å². The van der Waals surface area contributed by atoms with Gasteiger partial charge in [-0.1, -0.05) is 23.9 Å². The van der Waals surface area contributed by atoms with Crippen molar-refractivity contribution in [1.82, 2.24) is 5.32 Å². The Morgan fingerprint density at radius 2 is 2.13 bits per heavy atom. The molecule has 0 aromatic heterocycles. The minimum atomic E-state index is -0.571. The van der Waals surface area contributed by atoms with Gasteiger partial charge in [0.2, 0.25) is 11.8 Å². The third kappa shape index (κ3) is 5.18. The van der Waals surface area contributed by atoms with E-state index < -0.39 is 5.25 Å². The molecule has 0 spiro atoms. The van der Waals surface area contributed by atoms with Gasteiger partial charge in [-0.25, -0.2) is 0 Å². The van der Waals surface area contributed by atoms with Crippen LogP contribution < -0.4 is 15.4 Å². The molecular formula is C21H22N4O4S. The summed E-state index contributed by atoms with van der Waals surface area (Å²) in [7, 11) is 1.46. The number of nitrogens with one attached hydrogen (secondary N) is 2. The number of rotatable bonds is 6. The van der Waals surface area contributed by atoms with Crippen LogP contribution in [-0.2, 0) is 9.59 Å². The minimum absolute atomic E-state index is 0.0292. The molecule has 1 heterocycles. The molecule has 0 bridgehead atoms. The van der Waals surface area contributed by atoms with Crippen LogP contribution in [0.3, 0.4) is 0 Å². The highest BCUT2D eigenvalue weighted by atomic mass is 32.2. The van der Waals surface area contributed by atoms with E-state index in [4.69, 9.17) is 4.74 Å². The molecule has 9 heteroatoms. The molecule has 8 nitrogen and oxygen atoms in total. The standard InChI is InChI=1S/C21H22N4O4S/c1-12-5-4-6-15(13(12)2)23-19(27)10-18-20(28)24-21(30-18)25-22-11-14-7-8-16(26)17(9-14)29-3/h4-9,11,18,26H,10H2,1-3H3,(H,23,27)(H,24,25,28)/b22-11+/t18-/m1/s1. The van der Waals surface area contributed by atoms with Gasteiger partial charge >= 0.3 is 0 Å². The second-order valence-corrected chi connectivity index (χ2v) is 7.87. The Hall–Kier alpha value is -3.33. The third-order valence-corrected chi connectivity index (χ3v) is 5.66. The monoisotopic (exact) mass is 426 g/mol. The molecule has 2 aromatic carbocycles. The smallest absolute Gasteiger partial charge is 0.240 e. The Kier molecular flexibility index (Phi) is 6.73. The highest BCUT2D eigenvalue weighted by Crippen LogP contribution is 2.26. The van der Waals surface area contributed by atoms with Gasteiger partial charge in [-0.2, -0.15) is 5.10 Å². The normalized spacial score (nSPS) is 17.4. The highest BCUT2D eigenvalue weighted by molar-refractivity contribution is 8.15. The lowest BCUT2D eigenvalue weighted by molar-refractivity contribution is -0.122.